The lowest BCUT2D eigenvalue weighted by Gasteiger charge is -2.10. The Labute approximate surface area is 163 Å². The average Bonchev–Trinajstić information content (AvgIpc) is 2.62. The van der Waals surface area contributed by atoms with Gasteiger partial charge in [0, 0.05) is 15.1 Å². The minimum Gasteiger partial charge on any atom is -0.484 e. The molecule has 0 aliphatic heterocycles. The van der Waals surface area contributed by atoms with Gasteiger partial charge in [-0.1, -0.05) is 39.7 Å². The molecule has 0 spiro atoms. The summed E-state index contributed by atoms with van der Waals surface area (Å²) in [6, 6.07) is 13.3. The van der Waals surface area contributed by atoms with Gasteiger partial charge in [0.1, 0.15) is 5.75 Å². The first kappa shape index (κ1) is 19.7. The van der Waals surface area contributed by atoms with Crippen LogP contribution in [0.2, 0.25) is 5.02 Å². The number of hydrazine groups is 1. The molecule has 136 valence electrons. The van der Waals surface area contributed by atoms with Gasteiger partial charge in [-0.05, 0) is 36.4 Å². The molecule has 0 bridgehead atoms. The molecule has 0 saturated carbocycles. The van der Waals surface area contributed by atoms with E-state index in [9.17, 15) is 14.4 Å². The van der Waals surface area contributed by atoms with Gasteiger partial charge >= 0.3 is 0 Å². The van der Waals surface area contributed by atoms with Crippen LogP contribution in [0.4, 0.5) is 0 Å². The highest BCUT2D eigenvalue weighted by atomic mass is 79.9. The summed E-state index contributed by atoms with van der Waals surface area (Å²) < 4.78 is 6.09. The van der Waals surface area contributed by atoms with E-state index in [4.69, 9.17) is 16.3 Å². The van der Waals surface area contributed by atoms with Gasteiger partial charge in [-0.15, -0.1) is 0 Å². The number of hydrogen-bond acceptors (Lipinski definition) is 4. The van der Waals surface area contributed by atoms with Crippen LogP contribution in [0.5, 0.6) is 5.75 Å². The molecule has 3 amide bonds. The normalized spacial score (nSPS) is 9.92. The number of rotatable bonds is 6. The van der Waals surface area contributed by atoms with Crippen LogP contribution in [0.15, 0.2) is 53.0 Å². The number of halogens is 2. The van der Waals surface area contributed by atoms with Gasteiger partial charge in [0.2, 0.25) is 0 Å². The van der Waals surface area contributed by atoms with Crippen LogP contribution < -0.4 is 20.9 Å². The maximum atomic E-state index is 11.9. The largest absolute Gasteiger partial charge is 0.484 e. The molecule has 2 rings (SSSR count). The minimum atomic E-state index is -0.587. The molecule has 26 heavy (non-hydrogen) atoms. The minimum absolute atomic E-state index is 0.272. The lowest BCUT2D eigenvalue weighted by molar-refractivity contribution is -0.129. The van der Waals surface area contributed by atoms with Gasteiger partial charge in [-0.2, -0.15) is 0 Å². The fourth-order valence-electron chi connectivity index (χ4n) is 1.82. The number of benzene rings is 2. The first-order valence-electron chi connectivity index (χ1n) is 7.44. The standard InChI is InChI=1S/C17H15BrClN3O4/c18-12-4-2-6-14(8-12)26-10-16(24)22-21-15(23)9-20-17(25)11-3-1-5-13(19)7-11/h1-8H,9-10H2,(H,20,25)(H,21,23)(H,22,24). The van der Waals surface area contributed by atoms with Crippen LogP contribution in [-0.4, -0.2) is 30.9 Å². The van der Waals surface area contributed by atoms with E-state index in [0.717, 1.165) is 4.47 Å². The molecule has 0 atom stereocenters. The Hall–Kier alpha value is -2.58. The van der Waals surface area contributed by atoms with Crippen LogP contribution >= 0.6 is 27.5 Å². The molecule has 9 heteroatoms. The number of ether oxygens (including phenoxy) is 1. The van der Waals surface area contributed by atoms with E-state index in [1.807, 2.05) is 6.07 Å². The number of carbonyl (C=O) groups excluding carboxylic acids is 3. The summed E-state index contributed by atoms with van der Waals surface area (Å²) in [6.07, 6.45) is 0. The molecule has 0 saturated heterocycles. The molecule has 2 aromatic carbocycles. The summed E-state index contributed by atoms with van der Waals surface area (Å²) in [5.41, 5.74) is 4.70. The first-order valence-corrected chi connectivity index (χ1v) is 8.61. The fourth-order valence-corrected chi connectivity index (χ4v) is 2.39. The number of carbonyl (C=O) groups is 3. The van der Waals surface area contributed by atoms with Crippen molar-refractivity contribution in [3.63, 3.8) is 0 Å². The zero-order chi connectivity index (χ0) is 18.9. The van der Waals surface area contributed by atoms with E-state index in [1.165, 1.54) is 6.07 Å². The van der Waals surface area contributed by atoms with Crippen LogP contribution in [0, 0.1) is 0 Å². The van der Waals surface area contributed by atoms with Crippen LogP contribution in [-0.2, 0) is 9.59 Å². The van der Waals surface area contributed by atoms with Crippen LogP contribution in [0.1, 0.15) is 10.4 Å². The average molecular weight is 441 g/mol. The van der Waals surface area contributed by atoms with Gasteiger partial charge in [0.25, 0.3) is 17.7 Å². The molecule has 0 fully saturated rings. The van der Waals surface area contributed by atoms with Gasteiger partial charge < -0.3 is 10.1 Å². The second-order valence-corrected chi connectivity index (χ2v) is 6.39. The first-order chi connectivity index (χ1) is 12.4. The van der Waals surface area contributed by atoms with Crippen molar-refractivity contribution in [2.24, 2.45) is 0 Å². The maximum absolute atomic E-state index is 11.9. The molecule has 0 aliphatic rings. The smallest absolute Gasteiger partial charge is 0.276 e. The lowest BCUT2D eigenvalue weighted by atomic mass is 10.2. The van der Waals surface area contributed by atoms with E-state index in [1.54, 1.807) is 36.4 Å². The Morgan fingerprint density at radius 2 is 1.73 bits per heavy atom. The second kappa shape index (κ2) is 9.79. The molecular formula is C17H15BrClN3O4. The van der Waals surface area contributed by atoms with Crippen molar-refractivity contribution in [1.82, 2.24) is 16.2 Å². The molecule has 0 heterocycles. The predicted octanol–water partition coefficient (Wildman–Crippen LogP) is 2.06. The van der Waals surface area contributed by atoms with Crippen molar-refractivity contribution in [3.8, 4) is 5.75 Å². The van der Waals surface area contributed by atoms with Crippen LogP contribution in [0.3, 0.4) is 0 Å². The Bertz CT molecular complexity index is 816. The van der Waals surface area contributed by atoms with Crippen molar-refractivity contribution in [3.05, 3.63) is 63.6 Å². The zero-order valence-corrected chi connectivity index (χ0v) is 15.8. The van der Waals surface area contributed by atoms with Gasteiger partial charge in [0.05, 0.1) is 6.54 Å². The Morgan fingerprint density at radius 1 is 1.00 bits per heavy atom. The third kappa shape index (κ3) is 6.73. The fraction of sp³-hybridized carbons (Fsp3) is 0.118. The van der Waals surface area contributed by atoms with E-state index in [-0.39, 0.29) is 13.2 Å². The molecule has 7 nitrogen and oxygen atoms in total. The number of hydrogen-bond donors (Lipinski definition) is 3. The zero-order valence-electron chi connectivity index (χ0n) is 13.4. The summed E-state index contributed by atoms with van der Waals surface area (Å²) in [7, 11) is 0. The topological polar surface area (TPSA) is 96.5 Å². The van der Waals surface area contributed by atoms with Crippen molar-refractivity contribution >= 4 is 45.3 Å². The molecule has 2 aromatic rings. The van der Waals surface area contributed by atoms with Gasteiger partial charge in [0.15, 0.2) is 6.61 Å². The molecule has 3 N–H and O–H groups in total. The van der Waals surface area contributed by atoms with Crippen molar-refractivity contribution in [2.45, 2.75) is 0 Å². The van der Waals surface area contributed by atoms with E-state index < -0.39 is 17.7 Å². The van der Waals surface area contributed by atoms with Crippen molar-refractivity contribution in [2.75, 3.05) is 13.2 Å². The van der Waals surface area contributed by atoms with E-state index in [2.05, 4.69) is 32.1 Å². The summed E-state index contributed by atoms with van der Waals surface area (Å²) in [5.74, 6) is -1.07. The Kier molecular flexibility index (Phi) is 7.43. The summed E-state index contributed by atoms with van der Waals surface area (Å²) in [6.45, 7) is -0.580. The lowest BCUT2D eigenvalue weighted by Crippen LogP contribution is -2.47. The third-order valence-electron chi connectivity index (χ3n) is 3.00. The summed E-state index contributed by atoms with van der Waals surface area (Å²) in [4.78, 5) is 35.2. The van der Waals surface area contributed by atoms with Crippen LogP contribution in [0.25, 0.3) is 0 Å². The number of nitrogens with one attached hydrogen (secondary N) is 3. The van der Waals surface area contributed by atoms with Crippen molar-refractivity contribution < 1.29 is 19.1 Å². The van der Waals surface area contributed by atoms with E-state index >= 15 is 0 Å². The molecular weight excluding hydrogens is 426 g/mol. The SMILES string of the molecule is O=C(CNC(=O)c1cccc(Cl)c1)NNC(=O)COc1cccc(Br)c1. The Morgan fingerprint density at radius 3 is 2.46 bits per heavy atom. The predicted molar refractivity (Wildman–Crippen MR) is 99.7 cm³/mol. The third-order valence-corrected chi connectivity index (χ3v) is 3.73. The maximum Gasteiger partial charge on any atom is 0.276 e. The van der Waals surface area contributed by atoms with E-state index in [0.29, 0.717) is 16.3 Å². The highest BCUT2D eigenvalue weighted by Gasteiger charge is 2.09. The molecule has 0 radical (unpaired) electrons. The second-order valence-electron chi connectivity index (χ2n) is 5.04. The quantitative estimate of drug-likeness (QED) is 0.599. The van der Waals surface area contributed by atoms with Gasteiger partial charge in [-0.25, -0.2) is 0 Å². The Balaban J connectivity index is 1.68. The summed E-state index contributed by atoms with van der Waals surface area (Å²) in [5, 5.41) is 2.83. The molecule has 0 aromatic heterocycles. The highest BCUT2D eigenvalue weighted by molar-refractivity contribution is 9.10. The highest BCUT2D eigenvalue weighted by Crippen LogP contribution is 2.17. The number of amides is 3. The summed E-state index contributed by atoms with van der Waals surface area (Å²) >= 11 is 9.09. The molecule has 0 aliphatic carbocycles. The monoisotopic (exact) mass is 439 g/mol. The molecule has 0 unspecified atom stereocenters. The van der Waals surface area contributed by atoms with Gasteiger partial charge in [-0.3, -0.25) is 25.2 Å². The van der Waals surface area contributed by atoms with Crippen molar-refractivity contribution in [1.29, 1.82) is 0 Å².